The lowest BCUT2D eigenvalue weighted by Crippen LogP contribution is -2.35. The molecule has 0 bridgehead atoms. The molecule has 1 aromatic rings. The number of amides is 1. The van der Waals surface area contributed by atoms with E-state index in [9.17, 15) is 4.79 Å². The number of benzene rings is 1. The highest BCUT2D eigenvalue weighted by atomic mass is 35.5. The van der Waals surface area contributed by atoms with Gasteiger partial charge in [0.05, 0.1) is 10.7 Å². The Morgan fingerprint density at radius 3 is 2.80 bits per heavy atom. The molecule has 4 nitrogen and oxygen atoms in total. The van der Waals surface area contributed by atoms with Crippen molar-refractivity contribution >= 4 is 28.9 Å². The van der Waals surface area contributed by atoms with Gasteiger partial charge < -0.3 is 16.0 Å². The number of halogens is 1. The highest BCUT2D eigenvalue weighted by Gasteiger charge is 2.16. The average Bonchev–Trinajstić information content (AvgIpc) is 2.42. The number of hydrogen-bond donors (Lipinski definition) is 2. The Kier molecular flexibility index (Phi) is 5.26. The quantitative estimate of drug-likeness (QED) is 0.840. The monoisotopic (exact) mass is 295 g/mol. The highest BCUT2D eigenvalue weighted by molar-refractivity contribution is 6.33. The molecule has 0 unspecified atom stereocenters. The molecule has 1 amide bonds. The number of nitrogens with one attached hydrogen (secondary N) is 1. The van der Waals surface area contributed by atoms with E-state index < -0.39 is 0 Å². The van der Waals surface area contributed by atoms with Crippen molar-refractivity contribution in [2.45, 2.75) is 26.2 Å². The van der Waals surface area contributed by atoms with E-state index in [4.69, 9.17) is 17.3 Å². The van der Waals surface area contributed by atoms with Gasteiger partial charge in [0.2, 0.25) is 5.91 Å². The van der Waals surface area contributed by atoms with Gasteiger partial charge in [-0.3, -0.25) is 4.79 Å². The van der Waals surface area contributed by atoms with E-state index in [0.717, 1.165) is 25.6 Å². The van der Waals surface area contributed by atoms with Crippen LogP contribution in [-0.2, 0) is 4.79 Å². The first kappa shape index (κ1) is 15.1. The van der Waals surface area contributed by atoms with Crippen LogP contribution in [-0.4, -0.2) is 30.4 Å². The smallest absolute Gasteiger partial charge is 0.225 e. The normalized spacial score (nSPS) is 17.1. The molecule has 5 heteroatoms. The number of rotatable bonds is 4. The van der Waals surface area contributed by atoms with Crippen molar-refractivity contribution in [2.75, 3.05) is 30.7 Å². The molecule has 1 aromatic carbocycles. The summed E-state index contributed by atoms with van der Waals surface area (Å²) in [5.74, 6) is 0.836. The molecule has 0 atom stereocenters. The highest BCUT2D eigenvalue weighted by Crippen LogP contribution is 2.22. The number of hydrogen-bond acceptors (Lipinski definition) is 3. The number of carbonyl (C=O) groups is 1. The van der Waals surface area contributed by atoms with E-state index in [1.54, 1.807) is 18.2 Å². The van der Waals surface area contributed by atoms with E-state index >= 15 is 0 Å². The maximum Gasteiger partial charge on any atom is 0.225 e. The van der Waals surface area contributed by atoms with Crippen molar-refractivity contribution in [2.24, 2.45) is 5.92 Å². The molecular weight excluding hydrogens is 274 g/mol. The van der Waals surface area contributed by atoms with Gasteiger partial charge in [-0.05, 0) is 50.0 Å². The molecule has 1 heterocycles. The topological polar surface area (TPSA) is 58.4 Å². The molecule has 1 aliphatic rings. The van der Waals surface area contributed by atoms with Crippen LogP contribution in [0.3, 0.4) is 0 Å². The van der Waals surface area contributed by atoms with Gasteiger partial charge in [0.1, 0.15) is 0 Å². The third kappa shape index (κ3) is 4.39. The summed E-state index contributed by atoms with van der Waals surface area (Å²) in [6.07, 6.45) is 2.97. The van der Waals surface area contributed by atoms with E-state index in [1.807, 2.05) is 0 Å². The number of nitrogen functional groups attached to an aromatic ring is 1. The third-order valence-corrected chi connectivity index (χ3v) is 4.16. The molecule has 20 heavy (non-hydrogen) atoms. The maximum atomic E-state index is 11.9. The Bertz CT molecular complexity index is 470. The van der Waals surface area contributed by atoms with Gasteiger partial charge >= 0.3 is 0 Å². The maximum absolute atomic E-state index is 11.9. The molecule has 0 saturated carbocycles. The van der Waals surface area contributed by atoms with Crippen LogP contribution in [0.5, 0.6) is 0 Å². The number of carbonyl (C=O) groups excluding carboxylic acids is 1. The van der Waals surface area contributed by atoms with Crippen molar-refractivity contribution in [1.82, 2.24) is 4.90 Å². The van der Waals surface area contributed by atoms with Crippen molar-refractivity contribution < 1.29 is 4.79 Å². The number of likely N-dealkylation sites (tertiary alicyclic amines) is 1. The summed E-state index contributed by atoms with van der Waals surface area (Å²) in [6.45, 7) is 5.31. The van der Waals surface area contributed by atoms with Gasteiger partial charge in [-0.2, -0.15) is 0 Å². The minimum atomic E-state index is 0.0188. The zero-order chi connectivity index (χ0) is 14.5. The Balaban J connectivity index is 1.76. The summed E-state index contributed by atoms with van der Waals surface area (Å²) in [5, 5.41) is 3.36. The van der Waals surface area contributed by atoms with Gasteiger partial charge in [-0.1, -0.05) is 18.5 Å². The first-order chi connectivity index (χ1) is 9.54. The summed E-state index contributed by atoms with van der Waals surface area (Å²) in [6, 6.07) is 5.14. The van der Waals surface area contributed by atoms with Crippen molar-refractivity contribution in [1.29, 1.82) is 0 Å². The minimum Gasteiger partial charge on any atom is -0.397 e. The lowest BCUT2D eigenvalue weighted by molar-refractivity contribution is -0.116. The fraction of sp³-hybridized carbons (Fsp3) is 0.533. The summed E-state index contributed by atoms with van der Waals surface area (Å²) in [7, 11) is 0. The number of piperidine rings is 1. The second-order valence-corrected chi connectivity index (χ2v) is 5.97. The predicted molar refractivity (Wildman–Crippen MR) is 83.9 cm³/mol. The van der Waals surface area contributed by atoms with Crippen molar-refractivity contribution in [3.63, 3.8) is 0 Å². The van der Waals surface area contributed by atoms with Crippen LogP contribution in [0.25, 0.3) is 0 Å². The molecule has 1 aliphatic heterocycles. The van der Waals surface area contributed by atoms with Crippen LogP contribution in [0, 0.1) is 5.92 Å². The lowest BCUT2D eigenvalue weighted by Gasteiger charge is -2.29. The molecule has 0 radical (unpaired) electrons. The summed E-state index contributed by atoms with van der Waals surface area (Å²) < 4.78 is 0. The predicted octanol–water partition coefficient (Wildman–Crippen LogP) is 2.98. The molecule has 1 saturated heterocycles. The molecular formula is C15H22ClN3O. The number of anilines is 2. The van der Waals surface area contributed by atoms with E-state index in [0.29, 0.717) is 22.8 Å². The Hall–Kier alpha value is -1.26. The second kappa shape index (κ2) is 6.95. The summed E-state index contributed by atoms with van der Waals surface area (Å²) >= 11 is 5.85. The third-order valence-electron chi connectivity index (χ3n) is 3.81. The molecule has 0 aliphatic carbocycles. The average molecular weight is 296 g/mol. The summed E-state index contributed by atoms with van der Waals surface area (Å²) in [5.41, 5.74) is 6.89. The van der Waals surface area contributed by atoms with Gasteiger partial charge in [0, 0.05) is 18.7 Å². The SMILES string of the molecule is CC1CCN(CCC(=O)Nc2ccc(Cl)c(N)c2)CC1. The molecule has 110 valence electrons. The lowest BCUT2D eigenvalue weighted by atomic mass is 9.99. The number of nitrogens with zero attached hydrogens (tertiary/aromatic N) is 1. The zero-order valence-corrected chi connectivity index (χ0v) is 12.6. The zero-order valence-electron chi connectivity index (χ0n) is 11.9. The largest absolute Gasteiger partial charge is 0.397 e. The molecule has 0 spiro atoms. The van der Waals surface area contributed by atoms with Gasteiger partial charge in [0.25, 0.3) is 0 Å². The Morgan fingerprint density at radius 1 is 1.45 bits per heavy atom. The first-order valence-corrected chi connectivity index (χ1v) is 7.49. The fourth-order valence-corrected chi connectivity index (χ4v) is 2.51. The molecule has 3 N–H and O–H groups in total. The van der Waals surface area contributed by atoms with Crippen molar-refractivity contribution in [3.8, 4) is 0 Å². The van der Waals surface area contributed by atoms with Gasteiger partial charge in [-0.15, -0.1) is 0 Å². The second-order valence-electron chi connectivity index (χ2n) is 5.56. The summed E-state index contributed by atoms with van der Waals surface area (Å²) in [4.78, 5) is 14.3. The molecule has 0 aromatic heterocycles. The van der Waals surface area contributed by atoms with Crippen molar-refractivity contribution in [3.05, 3.63) is 23.2 Å². The minimum absolute atomic E-state index is 0.0188. The molecule has 2 rings (SSSR count). The Morgan fingerprint density at radius 2 is 2.15 bits per heavy atom. The first-order valence-electron chi connectivity index (χ1n) is 7.12. The van der Waals surface area contributed by atoms with Crippen LogP contribution >= 0.6 is 11.6 Å². The fourth-order valence-electron chi connectivity index (χ4n) is 2.39. The van der Waals surface area contributed by atoms with E-state index in [1.165, 1.54) is 12.8 Å². The number of nitrogens with two attached hydrogens (primary N) is 1. The van der Waals surface area contributed by atoms with E-state index in [-0.39, 0.29) is 5.91 Å². The standard InChI is InChI=1S/C15H22ClN3O/c1-11-4-7-19(8-5-11)9-6-15(20)18-12-2-3-13(16)14(17)10-12/h2-3,10-11H,4-9,17H2,1H3,(H,18,20). The Labute approximate surface area is 125 Å². The van der Waals surface area contributed by atoms with Gasteiger partial charge in [-0.25, -0.2) is 0 Å². The van der Waals surface area contributed by atoms with Crippen LogP contribution in [0.15, 0.2) is 18.2 Å². The van der Waals surface area contributed by atoms with Crippen LogP contribution in [0.1, 0.15) is 26.2 Å². The van der Waals surface area contributed by atoms with Crippen LogP contribution in [0.4, 0.5) is 11.4 Å². The van der Waals surface area contributed by atoms with Crippen LogP contribution in [0.2, 0.25) is 5.02 Å². The van der Waals surface area contributed by atoms with Gasteiger partial charge in [0.15, 0.2) is 0 Å². The van der Waals surface area contributed by atoms with E-state index in [2.05, 4.69) is 17.1 Å². The molecule has 1 fully saturated rings. The van der Waals surface area contributed by atoms with Crippen LogP contribution < -0.4 is 11.1 Å².